The summed E-state index contributed by atoms with van der Waals surface area (Å²) in [5, 5.41) is 14.6. The van der Waals surface area contributed by atoms with Crippen molar-refractivity contribution in [1.29, 1.82) is 0 Å². The molecule has 0 saturated carbocycles. The lowest BCUT2D eigenvalue weighted by molar-refractivity contribution is -0.113. The highest BCUT2D eigenvalue weighted by molar-refractivity contribution is 7.99. The average molecular weight is 452 g/mol. The number of aryl methyl sites for hydroxylation is 1. The van der Waals surface area contributed by atoms with Gasteiger partial charge in [0.15, 0.2) is 11.0 Å². The Kier molecular flexibility index (Phi) is 8.04. The molecule has 32 heavy (non-hydrogen) atoms. The molecule has 0 unspecified atom stereocenters. The lowest BCUT2D eigenvalue weighted by Crippen LogP contribution is -2.24. The van der Waals surface area contributed by atoms with Crippen molar-refractivity contribution in [2.45, 2.75) is 25.2 Å². The first kappa shape index (κ1) is 23.1. The van der Waals surface area contributed by atoms with Gasteiger partial charge in [0.2, 0.25) is 5.91 Å². The second-order valence-corrected chi connectivity index (χ2v) is 7.85. The van der Waals surface area contributed by atoms with E-state index in [0.29, 0.717) is 28.8 Å². The van der Waals surface area contributed by atoms with Gasteiger partial charge in [0.05, 0.1) is 19.4 Å². The first-order chi connectivity index (χ1) is 15.5. The van der Waals surface area contributed by atoms with Crippen molar-refractivity contribution >= 4 is 29.3 Å². The molecular formula is C23H25N5O3S. The van der Waals surface area contributed by atoms with Gasteiger partial charge >= 0.3 is 0 Å². The monoisotopic (exact) mass is 451 g/mol. The molecule has 0 bridgehead atoms. The van der Waals surface area contributed by atoms with Gasteiger partial charge < -0.3 is 19.9 Å². The maximum atomic E-state index is 12.4. The van der Waals surface area contributed by atoms with Crippen molar-refractivity contribution < 1.29 is 14.3 Å². The van der Waals surface area contributed by atoms with Crippen molar-refractivity contribution in [2.75, 3.05) is 18.2 Å². The van der Waals surface area contributed by atoms with Crippen molar-refractivity contribution in [2.24, 2.45) is 0 Å². The highest BCUT2D eigenvalue weighted by Crippen LogP contribution is 2.19. The molecule has 166 valence electrons. The molecular weight excluding hydrogens is 426 g/mol. The van der Waals surface area contributed by atoms with Crippen molar-refractivity contribution in [1.82, 2.24) is 20.1 Å². The molecule has 0 atom stereocenters. The minimum absolute atomic E-state index is 0.164. The molecule has 8 nitrogen and oxygen atoms in total. The van der Waals surface area contributed by atoms with Gasteiger partial charge in [-0.15, -0.1) is 16.8 Å². The van der Waals surface area contributed by atoms with Gasteiger partial charge in [-0.3, -0.25) is 9.59 Å². The molecule has 0 aliphatic rings. The van der Waals surface area contributed by atoms with Crippen LogP contribution in [-0.2, 0) is 17.9 Å². The standard InChI is InChI=1S/C23H25N5O3S/c1-4-13-28-20(14-24-22(30)17-7-5-16(2)6-8-17)26-27-23(28)32-15-21(29)25-18-9-11-19(31-3)12-10-18/h4-12H,1,13-15H2,2-3H3,(H,24,30)(H,25,29). The van der Waals surface area contributed by atoms with Gasteiger partial charge in [-0.2, -0.15) is 0 Å². The number of hydrogen-bond donors (Lipinski definition) is 2. The number of aromatic nitrogens is 3. The Hall–Kier alpha value is -3.59. The number of nitrogens with zero attached hydrogens (tertiary/aromatic N) is 3. The number of amides is 2. The summed E-state index contributed by atoms with van der Waals surface area (Å²) >= 11 is 1.27. The summed E-state index contributed by atoms with van der Waals surface area (Å²) < 4.78 is 6.94. The van der Waals surface area contributed by atoms with E-state index in [9.17, 15) is 9.59 Å². The second-order valence-electron chi connectivity index (χ2n) is 6.91. The third-order valence-corrected chi connectivity index (χ3v) is 5.50. The van der Waals surface area contributed by atoms with Gasteiger partial charge in [-0.1, -0.05) is 35.5 Å². The van der Waals surface area contributed by atoms with E-state index in [-0.39, 0.29) is 24.1 Å². The fourth-order valence-corrected chi connectivity index (χ4v) is 3.60. The fraction of sp³-hybridized carbons (Fsp3) is 0.217. The normalized spacial score (nSPS) is 10.4. The van der Waals surface area contributed by atoms with E-state index in [1.165, 1.54) is 11.8 Å². The topological polar surface area (TPSA) is 98.1 Å². The summed E-state index contributed by atoms with van der Waals surface area (Å²) in [6.07, 6.45) is 1.72. The number of carbonyl (C=O) groups excluding carboxylic acids is 2. The third-order valence-electron chi connectivity index (χ3n) is 4.53. The predicted octanol–water partition coefficient (Wildman–Crippen LogP) is 3.44. The molecule has 0 aliphatic heterocycles. The van der Waals surface area contributed by atoms with E-state index in [1.54, 1.807) is 49.6 Å². The number of rotatable bonds is 10. The Morgan fingerprint density at radius 2 is 1.84 bits per heavy atom. The van der Waals surface area contributed by atoms with Crippen LogP contribution in [0.4, 0.5) is 5.69 Å². The summed E-state index contributed by atoms with van der Waals surface area (Å²) in [6.45, 7) is 6.42. The summed E-state index contributed by atoms with van der Waals surface area (Å²) in [6, 6.07) is 14.4. The number of anilines is 1. The second kappa shape index (κ2) is 11.1. The van der Waals surface area contributed by atoms with E-state index < -0.39 is 0 Å². The van der Waals surface area contributed by atoms with E-state index in [0.717, 1.165) is 11.3 Å². The van der Waals surface area contributed by atoms with Crippen LogP contribution in [0.15, 0.2) is 66.3 Å². The molecule has 0 aliphatic carbocycles. The van der Waals surface area contributed by atoms with Crippen molar-refractivity contribution in [3.05, 3.63) is 78.1 Å². The molecule has 0 radical (unpaired) electrons. The largest absolute Gasteiger partial charge is 0.497 e. The summed E-state index contributed by atoms with van der Waals surface area (Å²) in [7, 11) is 1.59. The number of thioether (sulfide) groups is 1. The zero-order chi connectivity index (χ0) is 22.9. The number of carbonyl (C=O) groups is 2. The molecule has 1 heterocycles. The average Bonchev–Trinajstić information content (AvgIpc) is 3.19. The quantitative estimate of drug-likeness (QED) is 0.362. The minimum atomic E-state index is -0.189. The molecule has 3 aromatic rings. The smallest absolute Gasteiger partial charge is 0.251 e. The Morgan fingerprint density at radius 3 is 2.50 bits per heavy atom. The minimum Gasteiger partial charge on any atom is -0.497 e. The van der Waals surface area contributed by atoms with Gasteiger partial charge in [-0.05, 0) is 43.3 Å². The van der Waals surface area contributed by atoms with Crippen LogP contribution in [0.1, 0.15) is 21.7 Å². The lowest BCUT2D eigenvalue weighted by atomic mass is 10.1. The van der Waals surface area contributed by atoms with Gasteiger partial charge in [0, 0.05) is 17.8 Å². The maximum Gasteiger partial charge on any atom is 0.251 e. The van der Waals surface area contributed by atoms with Gasteiger partial charge in [-0.25, -0.2) is 0 Å². The Bertz CT molecular complexity index is 1080. The molecule has 2 aromatic carbocycles. The van der Waals surface area contributed by atoms with E-state index >= 15 is 0 Å². The SMILES string of the molecule is C=CCn1c(CNC(=O)c2ccc(C)cc2)nnc1SCC(=O)Nc1ccc(OC)cc1. The van der Waals surface area contributed by atoms with Crippen LogP contribution in [0.25, 0.3) is 0 Å². The van der Waals surface area contributed by atoms with Gasteiger partial charge in [0.1, 0.15) is 5.75 Å². The van der Waals surface area contributed by atoms with Crippen LogP contribution in [0.5, 0.6) is 5.75 Å². The third kappa shape index (κ3) is 6.21. The van der Waals surface area contributed by atoms with Crippen molar-refractivity contribution in [3.8, 4) is 5.75 Å². The number of allylic oxidation sites excluding steroid dienone is 1. The summed E-state index contributed by atoms with van der Waals surface area (Å²) in [4.78, 5) is 24.7. The molecule has 9 heteroatoms. The molecule has 0 spiro atoms. The number of ether oxygens (including phenoxy) is 1. The lowest BCUT2D eigenvalue weighted by Gasteiger charge is -2.09. The Balaban J connectivity index is 1.58. The molecule has 2 amide bonds. The van der Waals surface area contributed by atoms with E-state index in [4.69, 9.17) is 4.74 Å². The molecule has 3 rings (SSSR count). The number of benzene rings is 2. The zero-order valence-electron chi connectivity index (χ0n) is 18.0. The maximum absolute atomic E-state index is 12.4. The highest BCUT2D eigenvalue weighted by atomic mass is 32.2. The van der Waals surface area contributed by atoms with Crippen LogP contribution >= 0.6 is 11.8 Å². The number of nitrogens with one attached hydrogen (secondary N) is 2. The summed E-state index contributed by atoms with van der Waals surface area (Å²) in [5.74, 6) is 1.12. The van der Waals surface area contributed by atoms with Gasteiger partial charge in [0.25, 0.3) is 5.91 Å². The molecule has 0 saturated heterocycles. The van der Waals surface area contributed by atoms with Crippen LogP contribution in [0.2, 0.25) is 0 Å². The first-order valence-electron chi connectivity index (χ1n) is 9.94. The molecule has 2 N–H and O–H groups in total. The summed E-state index contributed by atoms with van der Waals surface area (Å²) in [5.41, 5.74) is 2.35. The van der Waals surface area contributed by atoms with Crippen LogP contribution < -0.4 is 15.4 Å². The zero-order valence-corrected chi connectivity index (χ0v) is 18.8. The van der Waals surface area contributed by atoms with Crippen LogP contribution in [0, 0.1) is 6.92 Å². The highest BCUT2D eigenvalue weighted by Gasteiger charge is 2.15. The fourth-order valence-electron chi connectivity index (χ4n) is 2.84. The van der Waals surface area contributed by atoms with Crippen LogP contribution in [-0.4, -0.2) is 39.4 Å². The molecule has 0 fully saturated rings. The number of methoxy groups -OCH3 is 1. The number of hydrogen-bond acceptors (Lipinski definition) is 6. The predicted molar refractivity (Wildman–Crippen MR) is 125 cm³/mol. The Labute approximate surface area is 191 Å². The van der Waals surface area contributed by atoms with E-state index in [1.807, 2.05) is 23.6 Å². The Morgan fingerprint density at radius 1 is 1.12 bits per heavy atom. The van der Waals surface area contributed by atoms with E-state index in [2.05, 4.69) is 27.4 Å². The van der Waals surface area contributed by atoms with Crippen LogP contribution in [0.3, 0.4) is 0 Å². The first-order valence-corrected chi connectivity index (χ1v) is 10.9. The van der Waals surface area contributed by atoms with Crippen molar-refractivity contribution in [3.63, 3.8) is 0 Å². The molecule has 1 aromatic heterocycles.